The lowest BCUT2D eigenvalue weighted by Crippen LogP contribution is -2.31. The van der Waals surface area contributed by atoms with Crippen molar-refractivity contribution in [2.24, 2.45) is 4.99 Å². The maximum absolute atomic E-state index is 11.8. The molecule has 0 saturated heterocycles. The van der Waals surface area contributed by atoms with Crippen LogP contribution in [-0.4, -0.2) is 22.2 Å². The monoisotopic (exact) mass is 246 g/mol. The van der Waals surface area contributed by atoms with Gasteiger partial charge >= 0.3 is 0 Å². The van der Waals surface area contributed by atoms with Crippen LogP contribution in [0.3, 0.4) is 0 Å². The molecule has 1 saturated carbocycles. The van der Waals surface area contributed by atoms with Gasteiger partial charge in [-0.25, -0.2) is 0 Å². The molecule has 3 nitrogen and oxygen atoms in total. The molecular weight excluding hydrogens is 232 g/mol. The van der Waals surface area contributed by atoms with Crippen LogP contribution < -0.4 is 5.32 Å². The average Bonchev–Trinajstić information content (AvgIpc) is 2.74. The van der Waals surface area contributed by atoms with Gasteiger partial charge in [-0.3, -0.25) is 9.79 Å². The standard InChI is InChI=1S/C13H14N2OS/c16-11-8-4-7-10-12(11)17-13(15-10)14-9-5-2-1-3-6-9/h1-3,5-6,10,12H,4,7-8H2,(H,14,15). The molecule has 4 heteroatoms. The highest BCUT2D eigenvalue weighted by Crippen LogP contribution is 2.35. The van der Waals surface area contributed by atoms with Crippen LogP contribution in [-0.2, 0) is 4.79 Å². The molecule has 0 amide bonds. The fraction of sp³-hybridized carbons (Fsp3) is 0.385. The number of ketones is 1. The predicted molar refractivity (Wildman–Crippen MR) is 71.5 cm³/mol. The van der Waals surface area contributed by atoms with Gasteiger partial charge < -0.3 is 5.32 Å². The number of thioether (sulfide) groups is 1. The smallest absolute Gasteiger partial charge is 0.162 e. The van der Waals surface area contributed by atoms with Gasteiger partial charge in [0.15, 0.2) is 5.17 Å². The summed E-state index contributed by atoms with van der Waals surface area (Å²) in [7, 11) is 0. The zero-order chi connectivity index (χ0) is 11.7. The minimum atomic E-state index is 0.0648. The zero-order valence-corrected chi connectivity index (χ0v) is 10.2. The number of carbonyl (C=O) groups is 1. The fourth-order valence-corrected chi connectivity index (χ4v) is 3.50. The Kier molecular flexibility index (Phi) is 2.89. The molecule has 1 N–H and O–H groups in total. The molecule has 2 aliphatic rings. The number of para-hydroxylation sites is 1. The molecular formula is C13H14N2OS. The normalized spacial score (nSPS) is 27.5. The summed E-state index contributed by atoms with van der Waals surface area (Å²) in [6.07, 6.45) is 2.76. The number of rotatable bonds is 1. The van der Waals surface area contributed by atoms with Crippen LogP contribution in [0.5, 0.6) is 0 Å². The van der Waals surface area contributed by atoms with Crippen molar-refractivity contribution < 1.29 is 4.79 Å². The second kappa shape index (κ2) is 4.53. The van der Waals surface area contributed by atoms with Gasteiger partial charge in [0.2, 0.25) is 0 Å². The number of Topliss-reactive ketones (excluding diaryl/α,β-unsaturated/α-hetero) is 1. The first-order chi connectivity index (χ1) is 8.33. The lowest BCUT2D eigenvalue weighted by atomic mass is 9.94. The van der Waals surface area contributed by atoms with Crippen molar-refractivity contribution in [3.8, 4) is 0 Å². The maximum atomic E-state index is 11.8. The number of hydrogen-bond donors (Lipinski definition) is 1. The van der Waals surface area contributed by atoms with Gasteiger partial charge in [-0.05, 0) is 25.0 Å². The Morgan fingerprint density at radius 2 is 2.12 bits per heavy atom. The Hall–Kier alpha value is -1.29. The summed E-state index contributed by atoms with van der Waals surface area (Å²) in [4.78, 5) is 16.4. The van der Waals surface area contributed by atoms with Crippen molar-refractivity contribution in [2.45, 2.75) is 30.6 Å². The van der Waals surface area contributed by atoms with Gasteiger partial charge in [0.1, 0.15) is 5.78 Å². The molecule has 2 atom stereocenters. The van der Waals surface area contributed by atoms with Crippen LogP contribution in [0.2, 0.25) is 0 Å². The number of fused-ring (bicyclic) bond motifs is 1. The number of hydrogen-bond acceptors (Lipinski definition) is 4. The molecule has 1 fully saturated rings. The van der Waals surface area contributed by atoms with E-state index >= 15 is 0 Å². The molecule has 0 aromatic heterocycles. The Morgan fingerprint density at radius 3 is 2.88 bits per heavy atom. The lowest BCUT2D eigenvalue weighted by Gasteiger charge is -2.20. The highest BCUT2D eigenvalue weighted by Gasteiger charge is 2.37. The minimum Gasteiger partial charge on any atom is -0.335 e. The zero-order valence-electron chi connectivity index (χ0n) is 9.43. The Balaban J connectivity index is 1.72. The third-order valence-electron chi connectivity index (χ3n) is 3.14. The summed E-state index contributed by atoms with van der Waals surface area (Å²) >= 11 is 1.59. The third-order valence-corrected chi connectivity index (χ3v) is 4.40. The topological polar surface area (TPSA) is 41.5 Å². The van der Waals surface area contributed by atoms with Crippen LogP contribution >= 0.6 is 11.8 Å². The van der Waals surface area contributed by atoms with E-state index in [2.05, 4.69) is 10.3 Å². The van der Waals surface area contributed by atoms with E-state index in [9.17, 15) is 4.79 Å². The van der Waals surface area contributed by atoms with E-state index in [-0.39, 0.29) is 11.3 Å². The van der Waals surface area contributed by atoms with E-state index in [4.69, 9.17) is 0 Å². The number of carbonyl (C=O) groups excluding carboxylic acids is 1. The molecule has 1 aliphatic heterocycles. The second-order valence-corrected chi connectivity index (χ2v) is 5.52. The van der Waals surface area contributed by atoms with E-state index in [1.165, 1.54) is 0 Å². The van der Waals surface area contributed by atoms with E-state index < -0.39 is 0 Å². The first-order valence-electron chi connectivity index (χ1n) is 5.92. The third kappa shape index (κ3) is 2.22. The Bertz CT molecular complexity index is 458. The molecule has 0 bridgehead atoms. The molecule has 1 aromatic rings. The quantitative estimate of drug-likeness (QED) is 0.828. The number of nitrogens with zero attached hydrogens (tertiary/aromatic N) is 1. The van der Waals surface area contributed by atoms with Crippen LogP contribution in [0.25, 0.3) is 0 Å². The maximum Gasteiger partial charge on any atom is 0.162 e. The van der Waals surface area contributed by atoms with Crippen molar-refractivity contribution in [3.63, 3.8) is 0 Å². The van der Waals surface area contributed by atoms with E-state index in [1.54, 1.807) is 11.8 Å². The summed E-state index contributed by atoms with van der Waals surface area (Å²) in [6, 6.07) is 10.2. The summed E-state index contributed by atoms with van der Waals surface area (Å²) in [5.74, 6) is 0.361. The lowest BCUT2D eigenvalue weighted by molar-refractivity contribution is -0.119. The Labute approximate surface area is 105 Å². The van der Waals surface area contributed by atoms with Crippen LogP contribution in [0.15, 0.2) is 35.3 Å². The molecule has 1 aliphatic carbocycles. The van der Waals surface area contributed by atoms with Gasteiger partial charge in [0, 0.05) is 12.1 Å². The minimum absolute atomic E-state index is 0.0648. The summed E-state index contributed by atoms with van der Waals surface area (Å²) < 4.78 is 0. The highest BCUT2D eigenvalue weighted by atomic mass is 32.2. The van der Waals surface area contributed by atoms with E-state index in [0.29, 0.717) is 5.78 Å². The van der Waals surface area contributed by atoms with Crippen molar-refractivity contribution in [1.82, 2.24) is 0 Å². The SMILES string of the molecule is O=C1CCCC2N=C(Nc3ccccc3)SC12. The van der Waals surface area contributed by atoms with Gasteiger partial charge in [0.05, 0.1) is 11.3 Å². The first kappa shape index (κ1) is 10.8. The fourth-order valence-electron chi connectivity index (χ4n) is 2.28. The summed E-state index contributed by atoms with van der Waals surface area (Å²) in [6.45, 7) is 0. The van der Waals surface area contributed by atoms with Gasteiger partial charge in [0.25, 0.3) is 0 Å². The van der Waals surface area contributed by atoms with Gasteiger partial charge in [-0.15, -0.1) is 0 Å². The first-order valence-corrected chi connectivity index (χ1v) is 6.80. The number of aliphatic imine (C=N–C) groups is 1. The number of nitrogens with one attached hydrogen (secondary N) is 1. The molecule has 0 radical (unpaired) electrons. The largest absolute Gasteiger partial charge is 0.335 e. The van der Waals surface area contributed by atoms with E-state index in [0.717, 1.165) is 30.1 Å². The number of anilines is 1. The van der Waals surface area contributed by atoms with Crippen LogP contribution in [0.1, 0.15) is 19.3 Å². The number of benzene rings is 1. The van der Waals surface area contributed by atoms with E-state index in [1.807, 2.05) is 30.3 Å². The molecule has 2 unspecified atom stereocenters. The number of amidine groups is 1. The Morgan fingerprint density at radius 1 is 1.29 bits per heavy atom. The molecule has 1 heterocycles. The summed E-state index contributed by atoms with van der Waals surface area (Å²) in [5, 5.41) is 4.23. The average molecular weight is 246 g/mol. The van der Waals surface area contributed by atoms with Crippen LogP contribution in [0, 0.1) is 0 Å². The van der Waals surface area contributed by atoms with Crippen molar-refractivity contribution in [3.05, 3.63) is 30.3 Å². The van der Waals surface area contributed by atoms with Gasteiger partial charge in [-0.1, -0.05) is 30.0 Å². The molecule has 88 valence electrons. The molecule has 0 spiro atoms. The van der Waals surface area contributed by atoms with Crippen molar-refractivity contribution in [1.29, 1.82) is 0 Å². The van der Waals surface area contributed by atoms with Gasteiger partial charge in [-0.2, -0.15) is 0 Å². The second-order valence-electron chi connectivity index (χ2n) is 4.39. The summed E-state index contributed by atoms with van der Waals surface area (Å²) in [5.41, 5.74) is 1.03. The molecule has 17 heavy (non-hydrogen) atoms. The molecule has 1 aromatic carbocycles. The predicted octanol–water partition coefficient (Wildman–Crippen LogP) is 2.69. The highest BCUT2D eigenvalue weighted by molar-refractivity contribution is 8.15. The van der Waals surface area contributed by atoms with Crippen molar-refractivity contribution >= 4 is 28.4 Å². The van der Waals surface area contributed by atoms with Crippen molar-refractivity contribution in [2.75, 3.05) is 5.32 Å². The van der Waals surface area contributed by atoms with Crippen LogP contribution in [0.4, 0.5) is 5.69 Å². The molecule has 3 rings (SSSR count).